The molecule has 1 aliphatic carbocycles. The lowest BCUT2D eigenvalue weighted by molar-refractivity contribution is 0.574. The minimum absolute atomic E-state index is 0.125. The van der Waals surface area contributed by atoms with Gasteiger partial charge >= 0.3 is 0 Å². The predicted octanol–water partition coefficient (Wildman–Crippen LogP) is 2.43. The van der Waals surface area contributed by atoms with E-state index in [1.807, 2.05) is 26.0 Å². The van der Waals surface area contributed by atoms with Crippen molar-refractivity contribution in [1.82, 2.24) is 10.0 Å². The molecule has 0 spiro atoms. The van der Waals surface area contributed by atoms with Crippen LogP contribution in [0.2, 0.25) is 0 Å². The second-order valence-electron chi connectivity index (χ2n) is 5.48. The van der Waals surface area contributed by atoms with Crippen LogP contribution >= 0.6 is 0 Å². The van der Waals surface area contributed by atoms with Crippen LogP contribution in [0.3, 0.4) is 0 Å². The van der Waals surface area contributed by atoms with E-state index in [-0.39, 0.29) is 12.1 Å². The highest BCUT2D eigenvalue weighted by molar-refractivity contribution is 7.89. The monoisotopic (exact) mass is 296 g/mol. The zero-order valence-electron chi connectivity index (χ0n) is 12.4. The average Bonchev–Trinajstić information content (AvgIpc) is 3.16. The molecule has 1 saturated carbocycles. The van der Waals surface area contributed by atoms with Crippen molar-refractivity contribution in [3.05, 3.63) is 29.8 Å². The highest BCUT2D eigenvalue weighted by Crippen LogP contribution is 2.34. The van der Waals surface area contributed by atoms with Crippen molar-refractivity contribution in [3.63, 3.8) is 0 Å². The first kappa shape index (κ1) is 15.5. The lowest BCUT2D eigenvalue weighted by atomic mass is 10.1. The molecule has 20 heavy (non-hydrogen) atoms. The number of hydrogen-bond donors (Lipinski definition) is 2. The van der Waals surface area contributed by atoms with Crippen LogP contribution in [0, 0.1) is 5.92 Å². The molecule has 0 aromatic heterocycles. The molecule has 0 heterocycles. The Morgan fingerprint density at radius 2 is 2.10 bits per heavy atom. The Kier molecular flexibility index (Phi) is 4.83. The molecule has 0 radical (unpaired) electrons. The lowest BCUT2D eigenvalue weighted by Gasteiger charge is -2.14. The van der Waals surface area contributed by atoms with E-state index in [0.717, 1.165) is 24.9 Å². The number of rotatable bonds is 7. The smallest absolute Gasteiger partial charge is 0.240 e. The summed E-state index contributed by atoms with van der Waals surface area (Å²) >= 11 is 0. The summed E-state index contributed by atoms with van der Waals surface area (Å²) in [6.45, 7) is 7.03. The van der Waals surface area contributed by atoms with E-state index in [1.54, 1.807) is 12.1 Å². The van der Waals surface area contributed by atoms with Crippen LogP contribution in [-0.2, 0) is 10.0 Å². The Balaban J connectivity index is 2.13. The van der Waals surface area contributed by atoms with E-state index in [9.17, 15) is 8.42 Å². The Labute approximate surface area is 122 Å². The van der Waals surface area contributed by atoms with Gasteiger partial charge in [0.2, 0.25) is 10.0 Å². The second-order valence-corrected chi connectivity index (χ2v) is 7.20. The van der Waals surface area contributed by atoms with E-state index in [0.29, 0.717) is 10.8 Å². The van der Waals surface area contributed by atoms with E-state index in [1.165, 1.54) is 0 Å². The third kappa shape index (κ3) is 3.59. The third-order valence-corrected chi connectivity index (χ3v) is 5.42. The summed E-state index contributed by atoms with van der Waals surface area (Å²) in [7, 11) is -3.39. The molecule has 0 amide bonds. The van der Waals surface area contributed by atoms with Gasteiger partial charge in [-0.3, -0.25) is 0 Å². The van der Waals surface area contributed by atoms with Gasteiger partial charge in [0.05, 0.1) is 4.90 Å². The van der Waals surface area contributed by atoms with Gasteiger partial charge in [-0.1, -0.05) is 32.4 Å². The van der Waals surface area contributed by atoms with Crippen LogP contribution in [0.5, 0.6) is 0 Å². The van der Waals surface area contributed by atoms with Gasteiger partial charge < -0.3 is 5.32 Å². The van der Waals surface area contributed by atoms with Gasteiger partial charge in [-0.05, 0) is 43.5 Å². The maximum absolute atomic E-state index is 12.3. The standard InChI is InChI=1S/C15H24N2O2S/c1-4-12-10-15(12)17-20(18,19)14-8-6-7-13(9-14)11(3)16-5-2/h6-9,11-12,15-17H,4-5,10H2,1-3H3. The number of benzene rings is 1. The largest absolute Gasteiger partial charge is 0.310 e. The van der Waals surface area contributed by atoms with Crippen molar-refractivity contribution >= 4 is 10.0 Å². The zero-order chi connectivity index (χ0) is 14.8. The van der Waals surface area contributed by atoms with E-state index in [4.69, 9.17) is 0 Å². The molecule has 1 fully saturated rings. The van der Waals surface area contributed by atoms with Crippen molar-refractivity contribution in [1.29, 1.82) is 0 Å². The summed E-state index contributed by atoms with van der Waals surface area (Å²) in [4.78, 5) is 0.363. The Morgan fingerprint density at radius 1 is 1.35 bits per heavy atom. The van der Waals surface area contributed by atoms with Crippen LogP contribution in [0.15, 0.2) is 29.2 Å². The summed E-state index contributed by atoms with van der Waals surface area (Å²) in [5.41, 5.74) is 0.998. The summed E-state index contributed by atoms with van der Waals surface area (Å²) in [6.07, 6.45) is 1.99. The van der Waals surface area contributed by atoms with Crippen LogP contribution in [0.4, 0.5) is 0 Å². The topological polar surface area (TPSA) is 58.2 Å². The quantitative estimate of drug-likeness (QED) is 0.812. The Bertz CT molecular complexity index is 557. The van der Waals surface area contributed by atoms with Crippen molar-refractivity contribution in [3.8, 4) is 0 Å². The summed E-state index contributed by atoms with van der Waals surface area (Å²) in [5, 5.41) is 3.29. The average molecular weight is 296 g/mol. The van der Waals surface area contributed by atoms with Gasteiger partial charge in [0.1, 0.15) is 0 Å². The lowest BCUT2D eigenvalue weighted by Crippen LogP contribution is -2.27. The first-order chi connectivity index (χ1) is 9.47. The van der Waals surface area contributed by atoms with Gasteiger partial charge in [0, 0.05) is 12.1 Å². The fourth-order valence-corrected chi connectivity index (χ4v) is 3.86. The third-order valence-electron chi connectivity index (χ3n) is 3.93. The van der Waals surface area contributed by atoms with Crippen molar-refractivity contribution < 1.29 is 8.42 Å². The van der Waals surface area contributed by atoms with E-state index in [2.05, 4.69) is 17.0 Å². The van der Waals surface area contributed by atoms with Crippen molar-refractivity contribution in [2.24, 2.45) is 5.92 Å². The molecule has 2 rings (SSSR count). The van der Waals surface area contributed by atoms with E-state index >= 15 is 0 Å². The Hall–Kier alpha value is -0.910. The minimum Gasteiger partial charge on any atom is -0.310 e. The minimum atomic E-state index is -3.39. The molecule has 0 saturated heterocycles. The van der Waals surface area contributed by atoms with Crippen molar-refractivity contribution in [2.45, 2.75) is 50.6 Å². The molecule has 0 aliphatic heterocycles. The SMILES string of the molecule is CCNC(C)c1cccc(S(=O)(=O)NC2CC2CC)c1. The first-order valence-corrected chi connectivity index (χ1v) is 8.82. The fraction of sp³-hybridized carbons (Fsp3) is 0.600. The maximum atomic E-state index is 12.3. The van der Waals surface area contributed by atoms with E-state index < -0.39 is 10.0 Å². The molecular formula is C15H24N2O2S. The number of nitrogens with one attached hydrogen (secondary N) is 2. The van der Waals surface area contributed by atoms with Crippen LogP contribution < -0.4 is 10.0 Å². The first-order valence-electron chi connectivity index (χ1n) is 7.33. The maximum Gasteiger partial charge on any atom is 0.240 e. The van der Waals surface area contributed by atoms with Crippen LogP contribution in [0.1, 0.15) is 45.2 Å². The molecule has 1 aromatic rings. The molecule has 1 aliphatic rings. The molecule has 5 heteroatoms. The molecule has 112 valence electrons. The van der Waals surface area contributed by atoms with Crippen LogP contribution in [-0.4, -0.2) is 21.0 Å². The molecule has 0 bridgehead atoms. The molecule has 2 N–H and O–H groups in total. The second kappa shape index (κ2) is 6.24. The molecular weight excluding hydrogens is 272 g/mol. The summed E-state index contributed by atoms with van der Waals surface area (Å²) in [6, 6.07) is 7.46. The summed E-state index contributed by atoms with van der Waals surface area (Å²) in [5.74, 6) is 0.508. The van der Waals surface area contributed by atoms with Crippen molar-refractivity contribution in [2.75, 3.05) is 6.54 Å². The van der Waals surface area contributed by atoms with Gasteiger partial charge in [0.15, 0.2) is 0 Å². The number of sulfonamides is 1. The zero-order valence-corrected chi connectivity index (χ0v) is 13.2. The molecule has 3 atom stereocenters. The predicted molar refractivity (Wildman–Crippen MR) is 81.0 cm³/mol. The molecule has 3 unspecified atom stereocenters. The highest BCUT2D eigenvalue weighted by Gasteiger charge is 2.38. The Morgan fingerprint density at radius 3 is 2.70 bits per heavy atom. The fourth-order valence-electron chi connectivity index (χ4n) is 2.49. The normalized spacial score (nSPS) is 23.6. The summed E-state index contributed by atoms with van der Waals surface area (Å²) < 4.78 is 27.5. The van der Waals surface area contributed by atoms with Gasteiger partial charge in [-0.25, -0.2) is 13.1 Å². The molecule has 4 nitrogen and oxygen atoms in total. The van der Waals surface area contributed by atoms with Gasteiger partial charge in [0.25, 0.3) is 0 Å². The molecule has 1 aromatic carbocycles. The number of hydrogen-bond acceptors (Lipinski definition) is 3. The van der Waals surface area contributed by atoms with Gasteiger partial charge in [-0.2, -0.15) is 0 Å². The van der Waals surface area contributed by atoms with Gasteiger partial charge in [-0.15, -0.1) is 0 Å². The highest BCUT2D eigenvalue weighted by atomic mass is 32.2. The van der Waals surface area contributed by atoms with Crippen LogP contribution in [0.25, 0.3) is 0 Å².